The number of nitrogens with one attached hydrogen (secondary N) is 1. The Kier molecular flexibility index (Phi) is 4.44. The molecule has 6 heteroatoms. The second-order valence-corrected chi connectivity index (χ2v) is 5.12. The molecule has 1 aromatic carbocycles. The highest BCUT2D eigenvalue weighted by Crippen LogP contribution is 2.31. The first-order chi connectivity index (χ1) is 9.13. The molecule has 1 heterocycles. The minimum absolute atomic E-state index is 0.144. The summed E-state index contributed by atoms with van der Waals surface area (Å²) < 4.78 is 10.7. The Morgan fingerprint density at radius 3 is 2.79 bits per heavy atom. The van der Waals surface area contributed by atoms with Gasteiger partial charge in [-0.05, 0) is 42.5 Å². The van der Waals surface area contributed by atoms with Crippen LogP contribution in [0.5, 0.6) is 11.5 Å². The summed E-state index contributed by atoms with van der Waals surface area (Å²) in [5.41, 5.74) is 0.908. The number of amides is 1. The molecule has 100 valence electrons. The van der Waals surface area contributed by atoms with Crippen molar-refractivity contribution in [1.29, 1.82) is 0 Å². The number of rotatable bonds is 4. The highest BCUT2D eigenvalue weighted by atomic mass is 32.2. The van der Waals surface area contributed by atoms with E-state index in [1.54, 1.807) is 7.11 Å². The molecule has 1 aliphatic rings. The van der Waals surface area contributed by atoms with Gasteiger partial charge < -0.3 is 14.8 Å². The third-order valence-electron chi connectivity index (χ3n) is 2.43. The largest absolute Gasteiger partial charge is 0.493 e. The van der Waals surface area contributed by atoms with Crippen LogP contribution in [-0.4, -0.2) is 23.9 Å². The highest BCUT2D eigenvalue weighted by Gasteiger charge is 2.21. The van der Waals surface area contributed by atoms with Crippen LogP contribution in [0.4, 0.5) is 4.79 Å². The number of hydrogen-bond donors (Lipinski definition) is 1. The first-order valence-corrected chi connectivity index (χ1v) is 6.92. The van der Waals surface area contributed by atoms with Gasteiger partial charge in [0.15, 0.2) is 11.5 Å². The van der Waals surface area contributed by atoms with Gasteiger partial charge in [-0.2, -0.15) is 0 Å². The van der Waals surface area contributed by atoms with E-state index >= 15 is 0 Å². The van der Waals surface area contributed by atoms with E-state index in [9.17, 15) is 4.79 Å². The predicted molar refractivity (Wildman–Crippen MR) is 80.9 cm³/mol. The van der Waals surface area contributed by atoms with Gasteiger partial charge in [-0.3, -0.25) is 4.79 Å². The van der Waals surface area contributed by atoms with E-state index in [-0.39, 0.29) is 5.24 Å². The summed E-state index contributed by atoms with van der Waals surface area (Å²) in [6.45, 7) is 2.47. The molecule has 4 nitrogen and oxygen atoms in total. The first kappa shape index (κ1) is 13.9. The molecule has 19 heavy (non-hydrogen) atoms. The minimum Gasteiger partial charge on any atom is -0.493 e. The molecule has 0 saturated carbocycles. The number of thiocarbonyl (C=S) groups is 1. The third kappa shape index (κ3) is 3.27. The van der Waals surface area contributed by atoms with E-state index in [0.29, 0.717) is 23.1 Å². The smallest absolute Gasteiger partial charge is 0.289 e. The summed E-state index contributed by atoms with van der Waals surface area (Å²) >= 11 is 6.17. The van der Waals surface area contributed by atoms with Crippen molar-refractivity contribution in [3.05, 3.63) is 28.7 Å². The zero-order valence-electron chi connectivity index (χ0n) is 10.6. The summed E-state index contributed by atoms with van der Waals surface area (Å²) in [5, 5.41) is 2.44. The number of carbonyl (C=O) groups is 1. The molecule has 1 fully saturated rings. The molecule has 0 bridgehead atoms. The SMILES string of the molecule is CCOc1cc(C=C2SC(=O)NC2=S)ccc1OC. The van der Waals surface area contributed by atoms with Gasteiger partial charge >= 0.3 is 0 Å². The van der Waals surface area contributed by atoms with E-state index in [1.165, 1.54) is 0 Å². The van der Waals surface area contributed by atoms with Gasteiger partial charge in [0.05, 0.1) is 18.6 Å². The number of methoxy groups -OCH3 is 1. The van der Waals surface area contributed by atoms with Crippen LogP contribution in [0.2, 0.25) is 0 Å². The molecule has 0 atom stereocenters. The van der Waals surface area contributed by atoms with Crippen LogP contribution in [0.3, 0.4) is 0 Å². The van der Waals surface area contributed by atoms with Gasteiger partial charge in [0.1, 0.15) is 4.99 Å². The molecule has 1 amide bonds. The lowest BCUT2D eigenvalue weighted by Crippen LogP contribution is -2.15. The van der Waals surface area contributed by atoms with Gasteiger partial charge in [-0.25, -0.2) is 0 Å². The fraction of sp³-hybridized carbons (Fsp3) is 0.231. The molecule has 2 rings (SSSR count). The number of ether oxygens (including phenoxy) is 2. The van der Waals surface area contributed by atoms with E-state index in [0.717, 1.165) is 22.2 Å². The molecule has 1 aromatic rings. The topological polar surface area (TPSA) is 47.6 Å². The maximum atomic E-state index is 11.2. The number of benzene rings is 1. The van der Waals surface area contributed by atoms with Crippen LogP contribution in [0, 0.1) is 0 Å². The average molecular weight is 295 g/mol. The molecule has 0 unspecified atom stereocenters. The highest BCUT2D eigenvalue weighted by molar-refractivity contribution is 8.19. The summed E-state index contributed by atoms with van der Waals surface area (Å²) in [4.78, 5) is 12.4. The van der Waals surface area contributed by atoms with E-state index in [4.69, 9.17) is 21.7 Å². The van der Waals surface area contributed by atoms with E-state index in [2.05, 4.69) is 5.32 Å². The van der Waals surface area contributed by atoms with Crippen LogP contribution >= 0.6 is 24.0 Å². The van der Waals surface area contributed by atoms with Crippen LogP contribution < -0.4 is 14.8 Å². The van der Waals surface area contributed by atoms with Crippen molar-refractivity contribution in [3.63, 3.8) is 0 Å². The lowest BCUT2D eigenvalue weighted by atomic mass is 10.2. The summed E-state index contributed by atoms with van der Waals surface area (Å²) in [6.07, 6.45) is 1.85. The van der Waals surface area contributed by atoms with Crippen LogP contribution in [0.15, 0.2) is 23.1 Å². The molecule has 1 N–H and O–H groups in total. The minimum atomic E-state index is -0.144. The van der Waals surface area contributed by atoms with Gasteiger partial charge in [0, 0.05) is 0 Å². The summed E-state index contributed by atoms with van der Waals surface area (Å²) in [5.74, 6) is 1.35. The third-order valence-corrected chi connectivity index (χ3v) is 3.71. The average Bonchev–Trinajstić information content (AvgIpc) is 2.69. The molecule has 0 radical (unpaired) electrons. The fourth-order valence-corrected chi connectivity index (χ4v) is 2.66. The maximum Gasteiger partial charge on any atom is 0.289 e. The van der Waals surface area contributed by atoms with Crippen molar-refractivity contribution in [2.45, 2.75) is 6.92 Å². The Hall–Kier alpha value is -1.53. The Balaban J connectivity index is 2.31. The Morgan fingerprint density at radius 2 is 2.21 bits per heavy atom. The zero-order valence-corrected chi connectivity index (χ0v) is 12.2. The Labute approximate surface area is 121 Å². The quantitative estimate of drug-likeness (QED) is 0.682. The molecule has 1 aliphatic heterocycles. The molecular formula is C13H13NO3S2. The molecule has 0 aliphatic carbocycles. The Morgan fingerprint density at radius 1 is 1.42 bits per heavy atom. The standard InChI is InChI=1S/C13H13NO3S2/c1-3-17-10-6-8(4-5-9(10)16-2)7-11-12(18)14-13(15)19-11/h4-7H,3H2,1-2H3,(H,14,15,18). The second kappa shape index (κ2) is 6.08. The van der Waals surface area contributed by atoms with Crippen molar-refractivity contribution < 1.29 is 14.3 Å². The van der Waals surface area contributed by atoms with Gasteiger partial charge in [-0.1, -0.05) is 18.3 Å². The fourth-order valence-electron chi connectivity index (χ4n) is 1.62. The summed E-state index contributed by atoms with van der Waals surface area (Å²) in [7, 11) is 1.60. The van der Waals surface area contributed by atoms with Crippen LogP contribution in [0.25, 0.3) is 6.08 Å². The van der Waals surface area contributed by atoms with Crippen molar-refractivity contribution in [2.24, 2.45) is 0 Å². The number of carbonyl (C=O) groups excluding carboxylic acids is 1. The van der Waals surface area contributed by atoms with Crippen molar-refractivity contribution >= 4 is 40.3 Å². The van der Waals surface area contributed by atoms with Gasteiger partial charge in [0.25, 0.3) is 5.24 Å². The van der Waals surface area contributed by atoms with Crippen molar-refractivity contribution in [2.75, 3.05) is 13.7 Å². The number of hydrogen-bond acceptors (Lipinski definition) is 5. The molecular weight excluding hydrogens is 282 g/mol. The summed E-state index contributed by atoms with van der Waals surface area (Å²) in [6, 6.07) is 5.58. The van der Waals surface area contributed by atoms with Crippen LogP contribution in [0.1, 0.15) is 12.5 Å². The molecule has 1 saturated heterocycles. The van der Waals surface area contributed by atoms with Gasteiger partial charge in [-0.15, -0.1) is 0 Å². The van der Waals surface area contributed by atoms with Crippen molar-refractivity contribution in [1.82, 2.24) is 5.32 Å². The van der Waals surface area contributed by atoms with Crippen LogP contribution in [-0.2, 0) is 0 Å². The monoisotopic (exact) mass is 295 g/mol. The maximum absolute atomic E-state index is 11.2. The lowest BCUT2D eigenvalue weighted by Gasteiger charge is -2.09. The van der Waals surface area contributed by atoms with E-state index < -0.39 is 0 Å². The zero-order chi connectivity index (χ0) is 13.8. The Bertz CT molecular complexity index is 555. The normalized spacial score (nSPS) is 16.6. The second-order valence-electron chi connectivity index (χ2n) is 3.70. The first-order valence-electron chi connectivity index (χ1n) is 5.69. The lowest BCUT2D eigenvalue weighted by molar-refractivity contribution is 0.265. The van der Waals surface area contributed by atoms with Crippen molar-refractivity contribution in [3.8, 4) is 11.5 Å². The predicted octanol–water partition coefficient (Wildman–Crippen LogP) is 3.22. The van der Waals surface area contributed by atoms with E-state index in [1.807, 2.05) is 31.2 Å². The number of thioether (sulfide) groups is 1. The van der Waals surface area contributed by atoms with Gasteiger partial charge in [0.2, 0.25) is 0 Å². The molecule has 0 aromatic heterocycles. The molecule has 0 spiro atoms.